The molecule has 1 fully saturated rings. The summed E-state index contributed by atoms with van der Waals surface area (Å²) in [4.78, 5) is 0. The Balaban J connectivity index is 2.73. The van der Waals surface area contributed by atoms with E-state index in [9.17, 15) is 5.11 Å². The maximum atomic E-state index is 9.82. The van der Waals surface area contributed by atoms with Crippen LogP contribution in [-0.4, -0.2) is 11.2 Å². The van der Waals surface area contributed by atoms with Crippen LogP contribution in [0.4, 0.5) is 0 Å². The van der Waals surface area contributed by atoms with Crippen molar-refractivity contribution in [1.29, 1.82) is 0 Å². The van der Waals surface area contributed by atoms with Gasteiger partial charge in [-0.05, 0) is 36.0 Å². The van der Waals surface area contributed by atoms with Crippen LogP contribution in [0, 0.1) is 29.6 Å². The van der Waals surface area contributed by atoms with Crippen LogP contribution in [0.3, 0.4) is 0 Å². The third-order valence-electron chi connectivity index (χ3n) is 4.08. The molecule has 0 aliphatic heterocycles. The normalized spacial score (nSPS) is 46.8. The van der Waals surface area contributed by atoms with Crippen molar-refractivity contribution in [3.8, 4) is 0 Å². The summed E-state index contributed by atoms with van der Waals surface area (Å²) in [6.45, 7) is 11.4. The molecule has 1 rings (SSSR count). The predicted octanol–water partition coefficient (Wildman–Crippen LogP) is 2.93. The molecule has 0 radical (unpaired) electrons. The van der Waals surface area contributed by atoms with Crippen LogP contribution in [0.1, 0.15) is 41.0 Å². The minimum absolute atomic E-state index is 0.0694. The molecule has 1 heteroatoms. The first-order valence-electron chi connectivity index (χ1n) is 5.63. The van der Waals surface area contributed by atoms with E-state index in [4.69, 9.17) is 0 Å². The maximum absolute atomic E-state index is 9.82. The predicted molar refractivity (Wildman–Crippen MR) is 56.4 cm³/mol. The lowest BCUT2D eigenvalue weighted by Gasteiger charge is -2.44. The van der Waals surface area contributed by atoms with Crippen molar-refractivity contribution in [3.05, 3.63) is 0 Å². The number of hydrogen-bond donors (Lipinski definition) is 1. The van der Waals surface area contributed by atoms with Gasteiger partial charge in [0.05, 0.1) is 6.10 Å². The Hall–Kier alpha value is -0.0400. The molecule has 0 heterocycles. The molecule has 1 aliphatic rings. The lowest BCUT2D eigenvalue weighted by molar-refractivity contribution is -0.0268. The van der Waals surface area contributed by atoms with Crippen molar-refractivity contribution in [3.63, 3.8) is 0 Å². The van der Waals surface area contributed by atoms with Crippen LogP contribution in [-0.2, 0) is 0 Å². The second kappa shape index (κ2) is 4.00. The van der Waals surface area contributed by atoms with Crippen LogP contribution in [0.25, 0.3) is 0 Å². The average Bonchev–Trinajstić information content (AvgIpc) is 1.99. The van der Waals surface area contributed by atoms with Crippen molar-refractivity contribution < 1.29 is 5.11 Å². The Bertz CT molecular complexity index is 165. The van der Waals surface area contributed by atoms with Crippen LogP contribution < -0.4 is 0 Å². The van der Waals surface area contributed by atoms with E-state index in [2.05, 4.69) is 34.6 Å². The molecule has 0 aromatic rings. The van der Waals surface area contributed by atoms with Crippen molar-refractivity contribution in [1.82, 2.24) is 0 Å². The van der Waals surface area contributed by atoms with Gasteiger partial charge in [0.2, 0.25) is 0 Å². The fraction of sp³-hybridized carbons (Fsp3) is 1.00. The van der Waals surface area contributed by atoms with E-state index < -0.39 is 0 Å². The van der Waals surface area contributed by atoms with Gasteiger partial charge in [-0.15, -0.1) is 0 Å². The molecule has 1 saturated carbocycles. The third kappa shape index (κ3) is 2.07. The van der Waals surface area contributed by atoms with E-state index >= 15 is 0 Å². The van der Waals surface area contributed by atoms with Gasteiger partial charge in [-0.1, -0.05) is 34.6 Å². The second-order valence-corrected chi connectivity index (χ2v) is 5.32. The van der Waals surface area contributed by atoms with Gasteiger partial charge in [0.1, 0.15) is 0 Å². The Morgan fingerprint density at radius 1 is 1.08 bits per heavy atom. The largest absolute Gasteiger partial charge is 0.393 e. The zero-order chi connectivity index (χ0) is 10.2. The van der Waals surface area contributed by atoms with Crippen molar-refractivity contribution >= 4 is 0 Å². The number of aliphatic hydroxyl groups is 1. The Kier molecular flexibility index (Phi) is 3.39. The molecular weight excluding hydrogens is 160 g/mol. The first-order chi connectivity index (χ1) is 5.95. The highest BCUT2D eigenvalue weighted by Crippen LogP contribution is 2.42. The van der Waals surface area contributed by atoms with E-state index in [1.165, 1.54) is 0 Å². The minimum Gasteiger partial charge on any atom is -0.393 e. The molecule has 5 unspecified atom stereocenters. The molecule has 1 N–H and O–H groups in total. The summed E-state index contributed by atoms with van der Waals surface area (Å²) < 4.78 is 0. The molecule has 0 amide bonds. The molecule has 0 spiro atoms. The van der Waals surface area contributed by atoms with Gasteiger partial charge in [0.25, 0.3) is 0 Å². The fourth-order valence-corrected chi connectivity index (χ4v) is 3.24. The van der Waals surface area contributed by atoms with E-state index in [1.54, 1.807) is 0 Å². The van der Waals surface area contributed by atoms with E-state index in [1.807, 2.05) is 0 Å². The van der Waals surface area contributed by atoms with Crippen LogP contribution in [0.15, 0.2) is 0 Å². The minimum atomic E-state index is -0.0694. The first kappa shape index (κ1) is 11.0. The SMILES string of the molecule is CC(C)C1C(C)CC(O)C(C)C1C. The lowest BCUT2D eigenvalue weighted by atomic mass is 9.63. The van der Waals surface area contributed by atoms with Gasteiger partial charge in [-0.3, -0.25) is 0 Å². The summed E-state index contributed by atoms with van der Waals surface area (Å²) >= 11 is 0. The van der Waals surface area contributed by atoms with Gasteiger partial charge in [-0.2, -0.15) is 0 Å². The van der Waals surface area contributed by atoms with Gasteiger partial charge in [0, 0.05) is 0 Å². The van der Waals surface area contributed by atoms with Crippen LogP contribution >= 0.6 is 0 Å². The molecule has 0 saturated heterocycles. The average molecular weight is 184 g/mol. The molecule has 78 valence electrons. The van der Waals surface area contributed by atoms with Crippen LogP contribution in [0.5, 0.6) is 0 Å². The molecular formula is C12H24O. The zero-order valence-electron chi connectivity index (χ0n) is 9.62. The Labute approximate surface area is 82.5 Å². The summed E-state index contributed by atoms with van der Waals surface area (Å²) in [6, 6.07) is 0. The van der Waals surface area contributed by atoms with E-state index in [0.29, 0.717) is 17.8 Å². The summed E-state index contributed by atoms with van der Waals surface area (Å²) in [6.07, 6.45) is 0.925. The summed E-state index contributed by atoms with van der Waals surface area (Å²) in [5.74, 6) is 3.36. The zero-order valence-corrected chi connectivity index (χ0v) is 9.62. The Morgan fingerprint density at radius 3 is 2.08 bits per heavy atom. The topological polar surface area (TPSA) is 20.2 Å². The highest BCUT2D eigenvalue weighted by Gasteiger charge is 2.38. The summed E-state index contributed by atoms with van der Waals surface area (Å²) in [5.41, 5.74) is 0. The van der Waals surface area contributed by atoms with Crippen molar-refractivity contribution in [2.45, 2.75) is 47.1 Å². The van der Waals surface area contributed by atoms with Gasteiger partial charge in [0.15, 0.2) is 0 Å². The van der Waals surface area contributed by atoms with Crippen LogP contribution in [0.2, 0.25) is 0 Å². The lowest BCUT2D eigenvalue weighted by Crippen LogP contribution is -2.41. The molecule has 0 aromatic carbocycles. The summed E-state index contributed by atoms with van der Waals surface area (Å²) in [7, 11) is 0. The fourth-order valence-electron chi connectivity index (χ4n) is 3.24. The van der Waals surface area contributed by atoms with Crippen molar-refractivity contribution in [2.75, 3.05) is 0 Å². The smallest absolute Gasteiger partial charge is 0.0571 e. The molecule has 5 atom stereocenters. The van der Waals surface area contributed by atoms with E-state index in [0.717, 1.165) is 18.3 Å². The molecule has 0 aromatic heterocycles. The Morgan fingerprint density at radius 2 is 1.62 bits per heavy atom. The molecule has 0 bridgehead atoms. The highest BCUT2D eigenvalue weighted by molar-refractivity contribution is 4.87. The van der Waals surface area contributed by atoms with Crippen molar-refractivity contribution in [2.24, 2.45) is 29.6 Å². The monoisotopic (exact) mass is 184 g/mol. The van der Waals surface area contributed by atoms with E-state index in [-0.39, 0.29) is 6.10 Å². The maximum Gasteiger partial charge on any atom is 0.0571 e. The van der Waals surface area contributed by atoms with Gasteiger partial charge in [-0.25, -0.2) is 0 Å². The second-order valence-electron chi connectivity index (χ2n) is 5.32. The van der Waals surface area contributed by atoms with Gasteiger partial charge < -0.3 is 5.11 Å². The molecule has 1 nitrogen and oxygen atoms in total. The number of rotatable bonds is 1. The molecule has 13 heavy (non-hydrogen) atoms. The quantitative estimate of drug-likeness (QED) is 0.664. The number of aliphatic hydroxyl groups excluding tert-OH is 1. The third-order valence-corrected chi connectivity index (χ3v) is 4.08. The number of hydrogen-bond acceptors (Lipinski definition) is 1. The van der Waals surface area contributed by atoms with Gasteiger partial charge >= 0.3 is 0 Å². The highest BCUT2D eigenvalue weighted by atomic mass is 16.3. The summed E-state index contributed by atoms with van der Waals surface area (Å²) in [5, 5.41) is 9.82. The first-order valence-corrected chi connectivity index (χ1v) is 5.63. The molecule has 1 aliphatic carbocycles. The standard InChI is InChI=1S/C12H24O/c1-7(2)12-8(3)6-11(13)9(4)10(12)5/h7-13H,6H2,1-5H3.